The lowest BCUT2D eigenvalue weighted by Gasteiger charge is -2.24. The monoisotopic (exact) mass is 646 g/mol. The summed E-state index contributed by atoms with van der Waals surface area (Å²) in [6.45, 7) is 19.6. The van der Waals surface area contributed by atoms with Crippen molar-refractivity contribution in [3.63, 3.8) is 0 Å². The molecule has 6 N–H and O–H groups in total. The van der Waals surface area contributed by atoms with Gasteiger partial charge in [0.2, 0.25) is 0 Å². The van der Waals surface area contributed by atoms with Gasteiger partial charge in [-0.3, -0.25) is 9.80 Å². The van der Waals surface area contributed by atoms with E-state index >= 15 is 0 Å². The molecule has 12 heteroatoms. The molecule has 8 nitrogen and oxygen atoms in total. The maximum atomic E-state index is 3.63. The van der Waals surface area contributed by atoms with Crippen molar-refractivity contribution in [3.05, 3.63) is 35.4 Å². The summed E-state index contributed by atoms with van der Waals surface area (Å²) in [5, 5.41) is 21.4. The van der Waals surface area contributed by atoms with Crippen LogP contribution in [0.25, 0.3) is 0 Å². The highest BCUT2D eigenvalue weighted by Crippen LogP contribution is 2.11. The predicted molar refractivity (Wildman–Crippen MR) is 182 cm³/mol. The van der Waals surface area contributed by atoms with Crippen LogP contribution in [0.5, 0.6) is 0 Å². The van der Waals surface area contributed by atoms with Gasteiger partial charge in [-0.05, 0) is 89.2 Å². The Bertz CT molecular complexity index is 577. The van der Waals surface area contributed by atoms with Crippen LogP contribution >= 0.6 is 49.6 Å². The molecule has 40 heavy (non-hydrogen) atoms. The van der Waals surface area contributed by atoms with Crippen LogP contribution in [0.3, 0.4) is 0 Å². The van der Waals surface area contributed by atoms with Gasteiger partial charge in [-0.15, -0.1) is 49.6 Å². The molecule has 1 aromatic rings. The van der Waals surface area contributed by atoms with Crippen LogP contribution in [-0.2, 0) is 13.1 Å². The largest absolute Gasteiger partial charge is 0.315 e. The lowest BCUT2D eigenvalue weighted by molar-refractivity contribution is 0.258. The van der Waals surface area contributed by atoms with Crippen LogP contribution < -0.4 is 31.9 Å². The van der Waals surface area contributed by atoms with Gasteiger partial charge in [0.25, 0.3) is 0 Å². The number of hydrogen-bond acceptors (Lipinski definition) is 8. The minimum atomic E-state index is 0. The molecular formula is C28H58Cl4N8. The molecule has 238 valence electrons. The van der Waals surface area contributed by atoms with E-state index in [4.69, 9.17) is 0 Å². The normalized spacial score (nSPS) is 20.6. The van der Waals surface area contributed by atoms with E-state index in [0.717, 1.165) is 118 Å². The van der Waals surface area contributed by atoms with Crippen molar-refractivity contribution >= 4 is 49.6 Å². The van der Waals surface area contributed by atoms with Gasteiger partial charge in [0.1, 0.15) is 0 Å². The van der Waals surface area contributed by atoms with Gasteiger partial charge in [0.15, 0.2) is 0 Å². The smallest absolute Gasteiger partial charge is 0.0234 e. The molecule has 0 spiro atoms. The third-order valence-corrected chi connectivity index (χ3v) is 7.07. The lowest BCUT2D eigenvalue weighted by Crippen LogP contribution is -2.36. The fraction of sp³-hybridized carbons (Fsp3) is 0.786. The van der Waals surface area contributed by atoms with Gasteiger partial charge in [-0.25, -0.2) is 0 Å². The standard InChI is InChI=1S/C28H54N8.4ClH/c1-9-29-15-17-31-13-3-21-35(23-19-33-11-1)25-27-5-7-28(8-6-27)26-36-22-4-14-32-18-16-30-10-2-12-34-20-24-36;;;;/h5-8,29-34H,1-4,9-26H2;4*1H. The van der Waals surface area contributed by atoms with Gasteiger partial charge in [0, 0.05) is 65.4 Å². The lowest BCUT2D eigenvalue weighted by atomic mass is 10.1. The van der Waals surface area contributed by atoms with Crippen LogP contribution in [0.1, 0.15) is 36.8 Å². The molecule has 0 saturated carbocycles. The minimum absolute atomic E-state index is 0. The molecule has 0 aliphatic carbocycles. The fourth-order valence-electron chi connectivity index (χ4n) is 4.92. The average Bonchev–Trinajstić information content (AvgIpc) is 2.89. The minimum Gasteiger partial charge on any atom is -0.315 e. The van der Waals surface area contributed by atoms with Crippen LogP contribution in [-0.4, -0.2) is 115 Å². The van der Waals surface area contributed by atoms with E-state index in [1.807, 2.05) is 0 Å². The van der Waals surface area contributed by atoms with Crippen molar-refractivity contribution in [1.82, 2.24) is 41.7 Å². The molecule has 0 amide bonds. The number of nitrogens with one attached hydrogen (secondary N) is 6. The first-order valence-electron chi connectivity index (χ1n) is 14.7. The number of hydrogen-bond donors (Lipinski definition) is 6. The molecule has 2 fully saturated rings. The van der Waals surface area contributed by atoms with Crippen LogP contribution in [0, 0.1) is 0 Å². The molecule has 0 bridgehead atoms. The predicted octanol–water partition coefficient (Wildman–Crippen LogP) is 2.10. The third kappa shape index (κ3) is 20.9. The second kappa shape index (κ2) is 29.1. The van der Waals surface area contributed by atoms with E-state index in [0.29, 0.717) is 0 Å². The number of halogens is 4. The molecule has 2 saturated heterocycles. The molecule has 2 heterocycles. The summed E-state index contributed by atoms with van der Waals surface area (Å²) >= 11 is 0. The van der Waals surface area contributed by atoms with Crippen molar-refractivity contribution in [2.45, 2.75) is 38.8 Å². The second-order valence-electron chi connectivity index (χ2n) is 10.3. The van der Waals surface area contributed by atoms with Crippen molar-refractivity contribution in [2.75, 3.05) is 105 Å². The Morgan fingerprint density at radius 3 is 1.02 bits per heavy atom. The van der Waals surface area contributed by atoms with Crippen LogP contribution in [0.15, 0.2) is 24.3 Å². The van der Waals surface area contributed by atoms with E-state index in [9.17, 15) is 0 Å². The number of nitrogens with zero attached hydrogens (tertiary/aromatic N) is 2. The first-order valence-corrected chi connectivity index (χ1v) is 14.7. The Kier molecular flexibility index (Phi) is 30.7. The maximum absolute atomic E-state index is 3.63. The molecule has 3 rings (SSSR count). The third-order valence-electron chi connectivity index (χ3n) is 7.07. The summed E-state index contributed by atoms with van der Waals surface area (Å²) in [5.41, 5.74) is 2.86. The van der Waals surface area contributed by atoms with Gasteiger partial charge in [-0.1, -0.05) is 24.3 Å². The molecule has 1 aromatic carbocycles. The Labute approximate surface area is 269 Å². The highest BCUT2D eigenvalue weighted by atomic mass is 35.5. The topological polar surface area (TPSA) is 78.7 Å². The van der Waals surface area contributed by atoms with Crippen molar-refractivity contribution in [3.8, 4) is 0 Å². The zero-order chi connectivity index (χ0) is 24.9. The maximum Gasteiger partial charge on any atom is 0.0234 e. The molecule has 0 unspecified atom stereocenters. The zero-order valence-corrected chi connectivity index (χ0v) is 27.7. The van der Waals surface area contributed by atoms with Crippen molar-refractivity contribution in [2.24, 2.45) is 0 Å². The Hall–Kier alpha value is 0.0600. The first kappa shape index (κ1) is 42.2. The van der Waals surface area contributed by atoms with Crippen LogP contribution in [0.4, 0.5) is 0 Å². The van der Waals surface area contributed by atoms with E-state index in [1.165, 1.54) is 36.8 Å². The number of benzene rings is 1. The Morgan fingerprint density at radius 2 is 0.675 bits per heavy atom. The summed E-state index contributed by atoms with van der Waals surface area (Å²) < 4.78 is 0. The summed E-state index contributed by atoms with van der Waals surface area (Å²) in [4.78, 5) is 5.23. The highest BCUT2D eigenvalue weighted by molar-refractivity contribution is 5.86. The zero-order valence-electron chi connectivity index (χ0n) is 24.4. The van der Waals surface area contributed by atoms with E-state index < -0.39 is 0 Å². The van der Waals surface area contributed by atoms with Crippen molar-refractivity contribution < 1.29 is 0 Å². The quantitative estimate of drug-likeness (QED) is 0.297. The van der Waals surface area contributed by atoms with Gasteiger partial charge in [-0.2, -0.15) is 0 Å². The molecular weight excluding hydrogens is 590 g/mol. The van der Waals surface area contributed by atoms with E-state index in [2.05, 4.69) is 66.0 Å². The van der Waals surface area contributed by atoms with Gasteiger partial charge >= 0.3 is 0 Å². The SMILES string of the molecule is Cl.Cl.Cl.Cl.c1cc(CN2CCCNCCNCCCNCC2)ccc1CN1CCCNCCNCCCNCC1. The highest BCUT2D eigenvalue weighted by Gasteiger charge is 2.09. The molecule has 0 radical (unpaired) electrons. The summed E-state index contributed by atoms with van der Waals surface area (Å²) in [6.07, 6.45) is 4.80. The number of rotatable bonds is 4. The summed E-state index contributed by atoms with van der Waals surface area (Å²) in [6, 6.07) is 9.42. The van der Waals surface area contributed by atoms with Gasteiger partial charge < -0.3 is 31.9 Å². The second-order valence-corrected chi connectivity index (χ2v) is 10.3. The molecule has 0 atom stereocenters. The van der Waals surface area contributed by atoms with Crippen molar-refractivity contribution in [1.29, 1.82) is 0 Å². The fourth-order valence-corrected chi connectivity index (χ4v) is 4.92. The Morgan fingerprint density at radius 1 is 0.375 bits per heavy atom. The molecule has 0 aromatic heterocycles. The average molecular weight is 649 g/mol. The molecule has 2 aliphatic rings. The van der Waals surface area contributed by atoms with Gasteiger partial charge in [0.05, 0.1) is 0 Å². The first-order chi connectivity index (χ1) is 17.9. The van der Waals surface area contributed by atoms with Crippen LogP contribution in [0.2, 0.25) is 0 Å². The molecule has 2 aliphatic heterocycles. The Balaban J connectivity index is 0. The van der Waals surface area contributed by atoms with E-state index in [-0.39, 0.29) is 49.6 Å². The van der Waals surface area contributed by atoms with E-state index in [1.54, 1.807) is 0 Å². The summed E-state index contributed by atoms with van der Waals surface area (Å²) in [7, 11) is 0. The summed E-state index contributed by atoms with van der Waals surface area (Å²) in [5.74, 6) is 0.